The van der Waals surface area contributed by atoms with Crippen LogP contribution < -0.4 is 0 Å². The van der Waals surface area contributed by atoms with Gasteiger partial charge in [0.2, 0.25) is 0 Å². The van der Waals surface area contributed by atoms with E-state index in [0.717, 1.165) is 6.42 Å². The van der Waals surface area contributed by atoms with Crippen LogP contribution in [0.1, 0.15) is 13.3 Å². The molecule has 0 aliphatic rings. The van der Waals surface area contributed by atoms with Gasteiger partial charge >= 0.3 is 0 Å². The molecule has 3 rings (SSSR count). The molecule has 1 unspecified atom stereocenters. The minimum Gasteiger partial charge on any atom is -0.391 e. The van der Waals surface area contributed by atoms with Crippen LogP contribution >= 0.6 is 0 Å². The zero-order valence-electron chi connectivity index (χ0n) is 10.5. The van der Waals surface area contributed by atoms with Gasteiger partial charge in [0, 0.05) is 28.4 Å². The predicted molar refractivity (Wildman–Crippen MR) is 75.7 cm³/mol. The van der Waals surface area contributed by atoms with Crippen molar-refractivity contribution in [2.75, 3.05) is 0 Å². The highest BCUT2D eigenvalue weighted by Crippen LogP contribution is 2.28. The SMILES string of the molecule is CCC(O)Cn1c2ccccc2c2ccccc21. The molecule has 2 heteroatoms. The Morgan fingerprint density at radius 2 is 1.44 bits per heavy atom. The van der Waals surface area contributed by atoms with Crippen LogP contribution in [0.3, 0.4) is 0 Å². The lowest BCUT2D eigenvalue weighted by molar-refractivity contribution is 0.153. The van der Waals surface area contributed by atoms with E-state index in [0.29, 0.717) is 6.54 Å². The molecular formula is C16H17NO. The van der Waals surface area contributed by atoms with Crippen LogP contribution in [-0.2, 0) is 6.54 Å². The molecular weight excluding hydrogens is 222 g/mol. The summed E-state index contributed by atoms with van der Waals surface area (Å²) in [5.41, 5.74) is 2.40. The fraction of sp³-hybridized carbons (Fsp3) is 0.250. The van der Waals surface area contributed by atoms with Gasteiger partial charge in [0.25, 0.3) is 0 Å². The standard InChI is InChI=1S/C16H17NO/c1-2-12(18)11-17-15-9-5-3-7-13(15)14-8-4-6-10-16(14)17/h3-10,12,18H,2,11H2,1H3. The normalized spacial score (nSPS) is 13.2. The summed E-state index contributed by atoms with van der Waals surface area (Å²) in [6, 6.07) is 16.8. The largest absolute Gasteiger partial charge is 0.391 e. The van der Waals surface area contributed by atoms with Crippen LogP contribution in [-0.4, -0.2) is 15.8 Å². The lowest BCUT2D eigenvalue weighted by Gasteiger charge is -2.11. The van der Waals surface area contributed by atoms with Gasteiger partial charge in [-0.05, 0) is 18.6 Å². The third kappa shape index (κ3) is 1.70. The minimum atomic E-state index is -0.288. The van der Waals surface area contributed by atoms with Gasteiger partial charge in [-0.25, -0.2) is 0 Å². The van der Waals surface area contributed by atoms with Crippen molar-refractivity contribution in [2.24, 2.45) is 0 Å². The first kappa shape index (κ1) is 11.3. The maximum Gasteiger partial charge on any atom is 0.0716 e. The van der Waals surface area contributed by atoms with E-state index in [-0.39, 0.29) is 6.10 Å². The molecule has 0 spiro atoms. The molecule has 1 heterocycles. The average molecular weight is 239 g/mol. The molecule has 2 aromatic carbocycles. The second kappa shape index (κ2) is 4.46. The van der Waals surface area contributed by atoms with E-state index < -0.39 is 0 Å². The minimum absolute atomic E-state index is 0.288. The van der Waals surface area contributed by atoms with E-state index in [1.165, 1.54) is 21.8 Å². The number of hydrogen-bond acceptors (Lipinski definition) is 1. The number of fused-ring (bicyclic) bond motifs is 3. The Hall–Kier alpha value is -1.80. The molecule has 0 amide bonds. The lowest BCUT2D eigenvalue weighted by Crippen LogP contribution is -2.14. The van der Waals surface area contributed by atoms with Gasteiger partial charge in [0.15, 0.2) is 0 Å². The second-order valence-electron chi connectivity index (χ2n) is 4.71. The monoisotopic (exact) mass is 239 g/mol. The van der Waals surface area contributed by atoms with Crippen LogP contribution in [0.25, 0.3) is 21.8 Å². The van der Waals surface area contributed by atoms with Gasteiger partial charge in [-0.3, -0.25) is 0 Å². The smallest absolute Gasteiger partial charge is 0.0716 e. The molecule has 3 aromatic rings. The van der Waals surface area contributed by atoms with Crippen molar-refractivity contribution in [3.8, 4) is 0 Å². The zero-order valence-corrected chi connectivity index (χ0v) is 10.5. The first-order chi connectivity index (χ1) is 8.81. The highest BCUT2D eigenvalue weighted by Gasteiger charge is 2.11. The van der Waals surface area contributed by atoms with Crippen molar-refractivity contribution >= 4 is 21.8 Å². The number of aliphatic hydroxyl groups excluding tert-OH is 1. The molecule has 0 fully saturated rings. The Labute approximate surface area is 106 Å². The predicted octanol–water partition coefficient (Wildman–Crippen LogP) is 3.57. The Bertz CT molecular complexity index is 630. The van der Waals surface area contributed by atoms with E-state index >= 15 is 0 Å². The summed E-state index contributed by atoms with van der Waals surface area (Å²) in [5, 5.41) is 12.4. The van der Waals surface area contributed by atoms with Gasteiger partial charge < -0.3 is 9.67 Å². The highest BCUT2D eigenvalue weighted by atomic mass is 16.3. The first-order valence-electron chi connectivity index (χ1n) is 6.45. The average Bonchev–Trinajstić information content (AvgIpc) is 2.74. The van der Waals surface area contributed by atoms with Crippen LogP contribution in [0.4, 0.5) is 0 Å². The molecule has 0 saturated carbocycles. The van der Waals surface area contributed by atoms with Crippen LogP contribution in [0.2, 0.25) is 0 Å². The maximum absolute atomic E-state index is 9.93. The molecule has 18 heavy (non-hydrogen) atoms. The molecule has 2 nitrogen and oxygen atoms in total. The quantitative estimate of drug-likeness (QED) is 0.742. The van der Waals surface area contributed by atoms with Gasteiger partial charge in [0.1, 0.15) is 0 Å². The van der Waals surface area contributed by atoms with Gasteiger partial charge in [-0.2, -0.15) is 0 Å². The van der Waals surface area contributed by atoms with Crippen molar-refractivity contribution in [3.05, 3.63) is 48.5 Å². The van der Waals surface area contributed by atoms with Gasteiger partial charge in [-0.15, -0.1) is 0 Å². The first-order valence-corrected chi connectivity index (χ1v) is 6.45. The number of rotatable bonds is 3. The summed E-state index contributed by atoms with van der Waals surface area (Å²) >= 11 is 0. The fourth-order valence-electron chi connectivity index (χ4n) is 2.54. The van der Waals surface area contributed by atoms with Crippen molar-refractivity contribution in [2.45, 2.75) is 26.0 Å². The number of aliphatic hydroxyl groups is 1. The van der Waals surface area contributed by atoms with Crippen LogP contribution in [0.5, 0.6) is 0 Å². The van der Waals surface area contributed by atoms with Crippen LogP contribution in [0.15, 0.2) is 48.5 Å². The summed E-state index contributed by atoms with van der Waals surface area (Å²) < 4.78 is 2.22. The van der Waals surface area contributed by atoms with Crippen molar-refractivity contribution < 1.29 is 5.11 Å². The van der Waals surface area contributed by atoms with Crippen LogP contribution in [0, 0.1) is 0 Å². The molecule has 0 radical (unpaired) electrons. The number of nitrogens with zero attached hydrogens (tertiary/aromatic N) is 1. The Morgan fingerprint density at radius 3 is 1.94 bits per heavy atom. The number of para-hydroxylation sites is 2. The molecule has 1 N–H and O–H groups in total. The summed E-state index contributed by atoms with van der Waals surface area (Å²) in [4.78, 5) is 0. The molecule has 0 bridgehead atoms. The summed E-state index contributed by atoms with van der Waals surface area (Å²) in [7, 11) is 0. The zero-order chi connectivity index (χ0) is 12.5. The highest BCUT2D eigenvalue weighted by molar-refractivity contribution is 6.07. The third-order valence-electron chi connectivity index (χ3n) is 3.54. The maximum atomic E-state index is 9.93. The Balaban J connectivity index is 2.31. The number of aromatic nitrogens is 1. The lowest BCUT2D eigenvalue weighted by atomic mass is 10.2. The molecule has 92 valence electrons. The van der Waals surface area contributed by atoms with E-state index in [2.05, 4.69) is 53.1 Å². The molecule has 0 saturated heterocycles. The Morgan fingerprint density at radius 1 is 0.944 bits per heavy atom. The molecule has 0 aliphatic carbocycles. The van der Waals surface area contributed by atoms with Gasteiger partial charge in [0.05, 0.1) is 6.10 Å². The van der Waals surface area contributed by atoms with Crippen molar-refractivity contribution in [1.82, 2.24) is 4.57 Å². The summed E-state index contributed by atoms with van der Waals surface area (Å²) in [6.07, 6.45) is 0.491. The van der Waals surface area contributed by atoms with E-state index in [4.69, 9.17) is 0 Å². The van der Waals surface area contributed by atoms with Crippen molar-refractivity contribution in [1.29, 1.82) is 0 Å². The molecule has 1 atom stereocenters. The number of benzene rings is 2. The molecule has 0 aliphatic heterocycles. The van der Waals surface area contributed by atoms with E-state index in [1.807, 2.05) is 6.92 Å². The topological polar surface area (TPSA) is 25.2 Å². The fourth-order valence-corrected chi connectivity index (χ4v) is 2.54. The van der Waals surface area contributed by atoms with E-state index in [1.54, 1.807) is 0 Å². The summed E-state index contributed by atoms with van der Waals surface area (Å²) in [5.74, 6) is 0. The van der Waals surface area contributed by atoms with Crippen molar-refractivity contribution in [3.63, 3.8) is 0 Å². The third-order valence-corrected chi connectivity index (χ3v) is 3.54. The van der Waals surface area contributed by atoms with E-state index in [9.17, 15) is 5.11 Å². The molecule has 1 aromatic heterocycles. The Kier molecular flexibility index (Phi) is 2.80. The number of hydrogen-bond donors (Lipinski definition) is 1. The second-order valence-corrected chi connectivity index (χ2v) is 4.71. The summed E-state index contributed by atoms with van der Waals surface area (Å²) in [6.45, 7) is 2.67. The van der Waals surface area contributed by atoms with Gasteiger partial charge in [-0.1, -0.05) is 43.3 Å².